The first-order chi connectivity index (χ1) is 7.27. The van der Waals surface area contributed by atoms with Gasteiger partial charge in [-0.05, 0) is 19.4 Å². The van der Waals surface area contributed by atoms with E-state index in [1.165, 1.54) is 6.39 Å². The maximum atomic E-state index is 9.78. The van der Waals surface area contributed by atoms with E-state index in [0.717, 1.165) is 17.0 Å². The molecule has 0 saturated heterocycles. The molecule has 2 aromatic rings. The fourth-order valence-electron chi connectivity index (χ4n) is 1.47. The van der Waals surface area contributed by atoms with Gasteiger partial charge in [-0.1, -0.05) is 0 Å². The van der Waals surface area contributed by atoms with Crippen molar-refractivity contribution in [2.24, 2.45) is 0 Å². The van der Waals surface area contributed by atoms with Crippen LogP contribution >= 0.6 is 0 Å². The van der Waals surface area contributed by atoms with Gasteiger partial charge in [0.2, 0.25) is 0 Å². The van der Waals surface area contributed by atoms with Gasteiger partial charge in [-0.25, -0.2) is 4.98 Å². The summed E-state index contributed by atoms with van der Waals surface area (Å²) in [6.07, 6.45) is 5.31. The Morgan fingerprint density at radius 3 is 3.00 bits per heavy atom. The maximum Gasteiger partial charge on any atom is 0.181 e. The number of hydrogen-bond donors (Lipinski definition) is 1. The first kappa shape index (κ1) is 9.98. The van der Waals surface area contributed by atoms with Crippen molar-refractivity contribution in [3.63, 3.8) is 0 Å². The Bertz CT molecular complexity index is 405. The van der Waals surface area contributed by atoms with E-state index in [-0.39, 0.29) is 0 Å². The molecule has 0 radical (unpaired) electrons. The van der Waals surface area contributed by atoms with Crippen LogP contribution in [-0.2, 0) is 6.42 Å². The summed E-state index contributed by atoms with van der Waals surface area (Å²) in [4.78, 5) is 3.99. The summed E-state index contributed by atoms with van der Waals surface area (Å²) in [6.45, 7) is 1.89. The fourth-order valence-corrected chi connectivity index (χ4v) is 1.47. The Kier molecular flexibility index (Phi) is 2.87. The second-order valence-electron chi connectivity index (χ2n) is 3.47. The zero-order valence-corrected chi connectivity index (χ0v) is 8.51. The highest BCUT2D eigenvalue weighted by molar-refractivity contribution is 5.10. The van der Waals surface area contributed by atoms with Gasteiger partial charge in [-0.3, -0.25) is 0 Å². The standard InChI is InChI=1S/C11H13NO3/c1-8-11(15-7-12-8)3-2-10(13)9-4-5-14-6-9/h4-7,10,13H,2-3H2,1H3. The lowest BCUT2D eigenvalue weighted by Gasteiger charge is -2.06. The van der Waals surface area contributed by atoms with Crippen LogP contribution in [0.1, 0.15) is 29.5 Å². The van der Waals surface area contributed by atoms with Crippen LogP contribution in [0.25, 0.3) is 0 Å². The van der Waals surface area contributed by atoms with Gasteiger partial charge in [0, 0.05) is 12.0 Å². The topological polar surface area (TPSA) is 59.4 Å². The lowest BCUT2D eigenvalue weighted by molar-refractivity contribution is 0.164. The highest BCUT2D eigenvalue weighted by Gasteiger charge is 2.11. The van der Waals surface area contributed by atoms with E-state index >= 15 is 0 Å². The minimum atomic E-state index is -0.506. The summed E-state index contributed by atoms with van der Waals surface area (Å²) in [7, 11) is 0. The van der Waals surface area contributed by atoms with Crippen LogP contribution < -0.4 is 0 Å². The number of rotatable bonds is 4. The van der Waals surface area contributed by atoms with Crippen LogP contribution in [-0.4, -0.2) is 10.1 Å². The monoisotopic (exact) mass is 207 g/mol. The molecule has 2 heterocycles. The first-order valence-electron chi connectivity index (χ1n) is 4.86. The van der Waals surface area contributed by atoms with E-state index in [4.69, 9.17) is 8.83 Å². The van der Waals surface area contributed by atoms with Crippen LogP contribution in [0.3, 0.4) is 0 Å². The van der Waals surface area contributed by atoms with Gasteiger partial charge in [-0.15, -0.1) is 0 Å². The Labute approximate surface area is 87.6 Å². The zero-order valence-electron chi connectivity index (χ0n) is 8.51. The summed E-state index contributed by atoms with van der Waals surface area (Å²) in [5.41, 5.74) is 1.68. The van der Waals surface area contributed by atoms with Crippen LogP contribution in [0.15, 0.2) is 33.8 Å². The molecule has 4 nitrogen and oxygen atoms in total. The average Bonchev–Trinajstić information content (AvgIpc) is 2.85. The Hall–Kier alpha value is -1.55. The largest absolute Gasteiger partial charge is 0.472 e. The second-order valence-corrected chi connectivity index (χ2v) is 3.47. The Morgan fingerprint density at radius 1 is 1.53 bits per heavy atom. The molecule has 80 valence electrons. The molecular weight excluding hydrogens is 194 g/mol. The number of aliphatic hydroxyl groups is 1. The summed E-state index contributed by atoms with van der Waals surface area (Å²) >= 11 is 0. The van der Waals surface area contributed by atoms with Crippen molar-refractivity contribution in [1.82, 2.24) is 4.98 Å². The summed E-state index contributed by atoms with van der Waals surface area (Å²) in [5, 5.41) is 9.78. The summed E-state index contributed by atoms with van der Waals surface area (Å²) in [5.74, 6) is 0.831. The van der Waals surface area contributed by atoms with Crippen molar-refractivity contribution in [2.75, 3.05) is 0 Å². The number of aliphatic hydroxyl groups excluding tert-OH is 1. The van der Waals surface area contributed by atoms with Gasteiger partial charge >= 0.3 is 0 Å². The van der Waals surface area contributed by atoms with Crippen molar-refractivity contribution < 1.29 is 13.9 Å². The molecular formula is C11H13NO3. The highest BCUT2D eigenvalue weighted by Crippen LogP contribution is 2.20. The van der Waals surface area contributed by atoms with Crippen molar-refractivity contribution in [3.8, 4) is 0 Å². The molecule has 1 unspecified atom stereocenters. The minimum Gasteiger partial charge on any atom is -0.472 e. The molecule has 15 heavy (non-hydrogen) atoms. The number of furan rings is 1. The normalized spacial score (nSPS) is 12.9. The van der Waals surface area contributed by atoms with Gasteiger partial charge in [0.25, 0.3) is 0 Å². The molecule has 0 aliphatic heterocycles. The van der Waals surface area contributed by atoms with Crippen molar-refractivity contribution in [3.05, 3.63) is 42.0 Å². The Balaban J connectivity index is 1.91. The summed E-state index contributed by atoms with van der Waals surface area (Å²) in [6, 6.07) is 1.76. The van der Waals surface area contributed by atoms with Crippen LogP contribution in [0, 0.1) is 6.92 Å². The van der Waals surface area contributed by atoms with Gasteiger partial charge in [0.05, 0.1) is 24.3 Å². The van der Waals surface area contributed by atoms with Gasteiger partial charge in [0.1, 0.15) is 5.76 Å². The molecule has 1 N–H and O–H groups in total. The lowest BCUT2D eigenvalue weighted by atomic mass is 10.1. The lowest BCUT2D eigenvalue weighted by Crippen LogP contribution is -1.98. The molecule has 0 fully saturated rings. The first-order valence-corrected chi connectivity index (χ1v) is 4.86. The van der Waals surface area contributed by atoms with Gasteiger partial charge in [-0.2, -0.15) is 0 Å². The van der Waals surface area contributed by atoms with E-state index in [1.54, 1.807) is 18.6 Å². The third-order valence-electron chi connectivity index (χ3n) is 2.42. The molecule has 0 aliphatic carbocycles. The quantitative estimate of drug-likeness (QED) is 0.835. The number of oxazole rings is 1. The number of aromatic nitrogens is 1. The third kappa shape index (κ3) is 2.27. The van der Waals surface area contributed by atoms with Gasteiger partial charge in [0.15, 0.2) is 6.39 Å². The molecule has 2 aromatic heterocycles. The molecule has 1 atom stereocenters. The average molecular weight is 207 g/mol. The van der Waals surface area contributed by atoms with Crippen LogP contribution in [0.2, 0.25) is 0 Å². The predicted octanol–water partition coefficient (Wildman–Crippen LogP) is 2.24. The smallest absolute Gasteiger partial charge is 0.181 e. The molecule has 0 aliphatic rings. The predicted molar refractivity (Wildman–Crippen MR) is 53.2 cm³/mol. The van der Waals surface area contributed by atoms with Crippen molar-refractivity contribution >= 4 is 0 Å². The van der Waals surface area contributed by atoms with Crippen molar-refractivity contribution in [2.45, 2.75) is 25.9 Å². The van der Waals surface area contributed by atoms with E-state index in [1.807, 2.05) is 6.92 Å². The highest BCUT2D eigenvalue weighted by atomic mass is 16.3. The van der Waals surface area contributed by atoms with Gasteiger partial charge < -0.3 is 13.9 Å². The molecule has 4 heteroatoms. The fraction of sp³-hybridized carbons (Fsp3) is 0.364. The molecule has 0 amide bonds. The molecule has 2 rings (SSSR count). The SMILES string of the molecule is Cc1ncoc1CCC(O)c1ccoc1. The molecule has 0 saturated carbocycles. The minimum absolute atomic E-state index is 0.506. The van der Waals surface area contributed by atoms with Crippen molar-refractivity contribution in [1.29, 1.82) is 0 Å². The number of nitrogens with zero attached hydrogens (tertiary/aromatic N) is 1. The van der Waals surface area contributed by atoms with E-state index in [9.17, 15) is 5.11 Å². The van der Waals surface area contributed by atoms with E-state index in [2.05, 4.69) is 4.98 Å². The van der Waals surface area contributed by atoms with E-state index in [0.29, 0.717) is 12.8 Å². The van der Waals surface area contributed by atoms with Crippen LogP contribution in [0.5, 0.6) is 0 Å². The number of aryl methyl sites for hydroxylation is 2. The molecule has 0 aromatic carbocycles. The van der Waals surface area contributed by atoms with E-state index < -0.39 is 6.10 Å². The molecule has 0 spiro atoms. The maximum absolute atomic E-state index is 9.78. The summed E-state index contributed by atoms with van der Waals surface area (Å²) < 4.78 is 10.1. The molecule has 0 bridgehead atoms. The third-order valence-corrected chi connectivity index (χ3v) is 2.42. The zero-order chi connectivity index (χ0) is 10.7. The second kappa shape index (κ2) is 4.31. The number of hydrogen-bond acceptors (Lipinski definition) is 4. The Morgan fingerprint density at radius 2 is 2.40 bits per heavy atom. The van der Waals surface area contributed by atoms with Crippen LogP contribution in [0.4, 0.5) is 0 Å².